The van der Waals surface area contributed by atoms with Gasteiger partial charge in [0.1, 0.15) is 0 Å². The van der Waals surface area contributed by atoms with Crippen molar-refractivity contribution in [3.05, 3.63) is 0 Å². The predicted octanol–water partition coefficient (Wildman–Crippen LogP) is 0.171. The Morgan fingerprint density at radius 2 is 0.926 bits per heavy atom. The van der Waals surface area contributed by atoms with E-state index in [1.165, 1.54) is 0 Å². The van der Waals surface area contributed by atoms with Crippen molar-refractivity contribution in [1.82, 2.24) is 9.80 Å². The molecule has 1 heterocycles. The lowest BCUT2D eigenvalue weighted by molar-refractivity contribution is -0.286. The third-order valence-electron chi connectivity index (χ3n) is 4.40. The van der Waals surface area contributed by atoms with Gasteiger partial charge in [0.05, 0.1) is 6.67 Å². The molecule has 0 amide bonds. The second-order valence-corrected chi connectivity index (χ2v) is 9.28. The monoisotopic (exact) mass is 424 g/mol. The number of nitrogens with zero attached hydrogens (tertiary/aromatic N) is 2. The fourth-order valence-corrected chi connectivity index (χ4v) is 6.26. The quantitative estimate of drug-likeness (QED) is 0.257. The van der Waals surface area contributed by atoms with Crippen LogP contribution in [0.1, 0.15) is 41.5 Å². The lowest BCUT2D eigenvalue weighted by atomic mass is 10.6. The SMILES string of the molecule is CCO[SiH2]C(OCC)(OCC)N1CCN(C(OCC)(OCC)[SiH2]OCC)C1. The van der Waals surface area contributed by atoms with E-state index in [4.69, 9.17) is 27.8 Å². The van der Waals surface area contributed by atoms with Gasteiger partial charge < -0.3 is 27.8 Å². The summed E-state index contributed by atoms with van der Waals surface area (Å²) in [6.45, 7) is 17.9. The van der Waals surface area contributed by atoms with Crippen LogP contribution in [0.4, 0.5) is 0 Å². The molecule has 0 unspecified atom stereocenters. The van der Waals surface area contributed by atoms with E-state index in [1.54, 1.807) is 0 Å². The van der Waals surface area contributed by atoms with E-state index in [-0.39, 0.29) is 0 Å². The molecule has 8 nitrogen and oxygen atoms in total. The molecule has 1 aliphatic rings. The first-order valence-electron chi connectivity index (χ1n) is 10.3. The zero-order valence-corrected chi connectivity index (χ0v) is 21.0. The summed E-state index contributed by atoms with van der Waals surface area (Å²) in [5.41, 5.74) is -1.52. The molecular formula is C17H40N2O6Si2. The molecule has 1 aliphatic heterocycles. The summed E-state index contributed by atoms with van der Waals surface area (Å²) >= 11 is 0. The maximum atomic E-state index is 6.13. The average Bonchev–Trinajstić information content (AvgIpc) is 3.16. The van der Waals surface area contributed by atoms with Crippen molar-refractivity contribution in [3.63, 3.8) is 0 Å². The van der Waals surface area contributed by atoms with Crippen LogP contribution in [0, 0.1) is 0 Å². The first-order valence-corrected chi connectivity index (χ1v) is 12.9. The fraction of sp³-hybridized carbons (Fsp3) is 1.00. The van der Waals surface area contributed by atoms with E-state index < -0.39 is 30.6 Å². The van der Waals surface area contributed by atoms with E-state index in [0.717, 1.165) is 13.1 Å². The summed E-state index contributed by atoms with van der Waals surface area (Å²) in [6.07, 6.45) is 0. The zero-order valence-electron chi connectivity index (χ0n) is 18.1. The van der Waals surface area contributed by atoms with Gasteiger partial charge in [-0.15, -0.1) is 0 Å². The van der Waals surface area contributed by atoms with Crippen LogP contribution in [0.2, 0.25) is 0 Å². The van der Waals surface area contributed by atoms with Gasteiger partial charge in [-0.3, -0.25) is 0 Å². The van der Waals surface area contributed by atoms with Crippen molar-refractivity contribution in [2.45, 2.75) is 52.6 Å². The molecule has 0 atom stereocenters. The lowest BCUT2D eigenvalue weighted by Gasteiger charge is -2.43. The Bertz CT molecular complexity index is 348. The van der Waals surface area contributed by atoms with Gasteiger partial charge in [-0.2, -0.15) is 0 Å². The summed E-state index contributed by atoms with van der Waals surface area (Å²) in [6, 6.07) is 0. The maximum absolute atomic E-state index is 6.13. The van der Waals surface area contributed by atoms with Crippen molar-refractivity contribution >= 4 is 19.5 Å². The molecule has 1 fully saturated rings. The average molecular weight is 425 g/mol. The van der Waals surface area contributed by atoms with Crippen LogP contribution in [0.15, 0.2) is 0 Å². The molecule has 27 heavy (non-hydrogen) atoms. The highest BCUT2D eigenvalue weighted by molar-refractivity contribution is 6.31. The van der Waals surface area contributed by atoms with Crippen LogP contribution in [-0.4, -0.2) is 99.8 Å². The third kappa shape index (κ3) is 6.84. The second-order valence-electron chi connectivity index (χ2n) is 6.10. The lowest BCUT2D eigenvalue weighted by Crippen LogP contribution is -2.61. The van der Waals surface area contributed by atoms with Crippen LogP contribution in [0.5, 0.6) is 0 Å². The standard InChI is InChI=1S/C17H40N2O6Si2/c1-7-20-16(21-8-2,26-24-11-5)18-13-14-19(15-18)17(22-9-3,23-10-4)27-25-12-6/h7-15,26-27H2,1-6H3. The van der Waals surface area contributed by atoms with E-state index in [0.29, 0.717) is 46.3 Å². The normalized spacial score (nSPS) is 18.0. The Labute approximate surface area is 169 Å². The van der Waals surface area contributed by atoms with E-state index >= 15 is 0 Å². The summed E-state index contributed by atoms with van der Waals surface area (Å²) in [4.78, 5) is 4.46. The van der Waals surface area contributed by atoms with Crippen molar-refractivity contribution in [2.24, 2.45) is 0 Å². The number of hydrogen-bond donors (Lipinski definition) is 0. The van der Waals surface area contributed by atoms with Gasteiger partial charge in [0.15, 0.2) is 0 Å². The van der Waals surface area contributed by atoms with Crippen molar-refractivity contribution in [2.75, 3.05) is 59.4 Å². The molecule has 0 radical (unpaired) electrons. The van der Waals surface area contributed by atoms with Gasteiger partial charge in [0, 0.05) is 52.7 Å². The first kappa shape index (κ1) is 25.2. The molecule has 0 saturated carbocycles. The second kappa shape index (κ2) is 13.4. The Morgan fingerprint density at radius 1 is 0.593 bits per heavy atom. The minimum Gasteiger partial charge on any atom is -0.416 e. The largest absolute Gasteiger partial charge is 0.416 e. The summed E-state index contributed by atoms with van der Waals surface area (Å²) in [5.74, 6) is 0. The Kier molecular flexibility index (Phi) is 12.4. The Hall–Kier alpha value is 0.114. The molecule has 0 aromatic heterocycles. The van der Waals surface area contributed by atoms with Crippen LogP contribution >= 0.6 is 0 Å². The molecule has 10 heteroatoms. The van der Waals surface area contributed by atoms with Crippen LogP contribution in [0.3, 0.4) is 0 Å². The van der Waals surface area contributed by atoms with E-state index in [2.05, 4.69) is 9.80 Å². The molecular weight excluding hydrogens is 384 g/mol. The van der Waals surface area contributed by atoms with E-state index in [9.17, 15) is 0 Å². The van der Waals surface area contributed by atoms with Crippen molar-refractivity contribution in [1.29, 1.82) is 0 Å². The molecule has 1 saturated heterocycles. The van der Waals surface area contributed by atoms with Gasteiger partial charge in [-0.05, 0) is 41.5 Å². The van der Waals surface area contributed by atoms with Gasteiger partial charge in [-0.25, -0.2) is 9.80 Å². The summed E-state index contributed by atoms with van der Waals surface area (Å²) < 4.78 is 36.2. The highest BCUT2D eigenvalue weighted by atomic mass is 28.2. The maximum Gasteiger partial charge on any atom is 0.248 e. The third-order valence-corrected chi connectivity index (χ3v) is 8.07. The number of hydrogen-bond acceptors (Lipinski definition) is 8. The van der Waals surface area contributed by atoms with Gasteiger partial charge in [-0.1, -0.05) is 0 Å². The molecule has 1 rings (SSSR count). The van der Waals surface area contributed by atoms with Crippen LogP contribution in [0.25, 0.3) is 0 Å². The highest BCUT2D eigenvalue weighted by Crippen LogP contribution is 2.28. The minimum absolute atomic E-state index is 0.576. The zero-order chi connectivity index (χ0) is 20.2. The smallest absolute Gasteiger partial charge is 0.248 e. The first-order chi connectivity index (χ1) is 13.1. The van der Waals surface area contributed by atoms with Gasteiger partial charge in [0.25, 0.3) is 0 Å². The highest BCUT2D eigenvalue weighted by Gasteiger charge is 2.49. The molecule has 0 bridgehead atoms. The Morgan fingerprint density at radius 3 is 1.19 bits per heavy atom. The molecule has 0 aromatic rings. The summed E-state index contributed by atoms with van der Waals surface area (Å²) in [5, 5.41) is 0. The molecule has 0 spiro atoms. The Balaban J connectivity index is 3.02. The topological polar surface area (TPSA) is 61.9 Å². The molecule has 0 N–H and O–H groups in total. The molecule has 162 valence electrons. The van der Waals surface area contributed by atoms with Crippen LogP contribution < -0.4 is 0 Å². The van der Waals surface area contributed by atoms with Crippen molar-refractivity contribution in [3.8, 4) is 0 Å². The minimum atomic E-state index is -1.09. The number of rotatable bonds is 16. The predicted molar refractivity (Wildman–Crippen MR) is 111 cm³/mol. The molecule has 0 aliphatic carbocycles. The van der Waals surface area contributed by atoms with Crippen LogP contribution in [-0.2, 0) is 27.8 Å². The molecule has 0 aromatic carbocycles. The fourth-order valence-electron chi connectivity index (χ4n) is 3.31. The van der Waals surface area contributed by atoms with Gasteiger partial charge in [0.2, 0.25) is 30.6 Å². The number of ether oxygens (including phenoxy) is 4. The van der Waals surface area contributed by atoms with Gasteiger partial charge >= 0.3 is 0 Å². The van der Waals surface area contributed by atoms with Crippen molar-refractivity contribution < 1.29 is 27.8 Å². The summed E-state index contributed by atoms with van der Waals surface area (Å²) in [7, 11) is -2.17. The van der Waals surface area contributed by atoms with E-state index in [1.807, 2.05) is 41.5 Å².